The molecule has 1 aromatic rings. The molecule has 1 fully saturated rings. The lowest BCUT2D eigenvalue weighted by Crippen LogP contribution is -2.05. The molecule has 1 heterocycles. The minimum absolute atomic E-state index is 0.318. The minimum atomic E-state index is -0.318. The van der Waals surface area contributed by atoms with Crippen molar-refractivity contribution >= 4 is 17.9 Å². The molecule has 0 atom stereocenters. The summed E-state index contributed by atoms with van der Waals surface area (Å²) in [7, 11) is 0. The number of nitrogens with zero attached hydrogens (tertiary/aromatic N) is 1. The highest BCUT2D eigenvalue weighted by Crippen LogP contribution is 2.34. The monoisotopic (exact) mass is 255 g/mol. The SMILES string of the molecule is Cc1cc(C)c(/C=C2\N=C(C3CC3)OC2=O)c(C)c1. The average Bonchev–Trinajstić information content (AvgIpc) is 3.09. The Balaban J connectivity index is 1.99. The Morgan fingerprint density at radius 2 is 1.84 bits per heavy atom. The first-order valence-electron chi connectivity index (χ1n) is 6.65. The second-order valence-electron chi connectivity index (χ2n) is 5.46. The van der Waals surface area contributed by atoms with E-state index in [2.05, 4.69) is 37.9 Å². The van der Waals surface area contributed by atoms with Gasteiger partial charge in [-0.3, -0.25) is 0 Å². The van der Waals surface area contributed by atoms with Crippen molar-refractivity contribution in [3.8, 4) is 0 Å². The maximum atomic E-state index is 11.8. The molecule has 3 heteroatoms. The first kappa shape index (κ1) is 12.2. The first-order chi connectivity index (χ1) is 9.04. The van der Waals surface area contributed by atoms with Crippen LogP contribution in [0.25, 0.3) is 6.08 Å². The zero-order valence-corrected chi connectivity index (χ0v) is 11.5. The highest BCUT2D eigenvalue weighted by Gasteiger charge is 2.35. The number of cyclic esters (lactones) is 1. The zero-order valence-electron chi connectivity index (χ0n) is 11.5. The summed E-state index contributed by atoms with van der Waals surface area (Å²) >= 11 is 0. The molecule has 1 aromatic carbocycles. The summed E-state index contributed by atoms with van der Waals surface area (Å²) in [5, 5.41) is 0. The molecule has 0 bridgehead atoms. The molecule has 0 N–H and O–H groups in total. The summed E-state index contributed by atoms with van der Waals surface area (Å²) in [6.07, 6.45) is 4.02. The summed E-state index contributed by atoms with van der Waals surface area (Å²) in [4.78, 5) is 16.1. The van der Waals surface area contributed by atoms with Crippen molar-refractivity contribution in [2.24, 2.45) is 10.9 Å². The Bertz CT molecular complexity index is 599. The summed E-state index contributed by atoms with van der Waals surface area (Å²) in [6.45, 7) is 6.18. The van der Waals surface area contributed by atoms with E-state index in [-0.39, 0.29) is 5.97 Å². The van der Waals surface area contributed by atoms with Crippen LogP contribution < -0.4 is 0 Å². The van der Waals surface area contributed by atoms with Gasteiger partial charge in [-0.15, -0.1) is 0 Å². The zero-order chi connectivity index (χ0) is 13.6. The predicted molar refractivity (Wildman–Crippen MR) is 74.9 cm³/mol. The molecule has 3 rings (SSSR count). The fourth-order valence-electron chi connectivity index (χ4n) is 2.49. The summed E-state index contributed by atoms with van der Waals surface area (Å²) in [5.74, 6) is 0.662. The quantitative estimate of drug-likeness (QED) is 0.600. The normalized spacial score (nSPS) is 20.7. The molecule has 0 radical (unpaired) electrons. The number of carbonyl (C=O) groups excluding carboxylic acids is 1. The molecule has 1 aliphatic heterocycles. The van der Waals surface area contributed by atoms with Crippen molar-refractivity contribution in [2.45, 2.75) is 33.6 Å². The molecule has 98 valence electrons. The predicted octanol–water partition coefficient (Wildman–Crippen LogP) is 3.32. The Kier molecular flexibility index (Phi) is 2.77. The molecule has 0 amide bonds. The van der Waals surface area contributed by atoms with Gasteiger partial charge in [-0.1, -0.05) is 17.7 Å². The molecule has 0 spiro atoms. The van der Waals surface area contributed by atoms with E-state index in [0.717, 1.165) is 29.5 Å². The average molecular weight is 255 g/mol. The van der Waals surface area contributed by atoms with E-state index in [1.54, 1.807) is 0 Å². The third-order valence-electron chi connectivity index (χ3n) is 3.58. The fourth-order valence-corrected chi connectivity index (χ4v) is 2.49. The molecule has 3 nitrogen and oxygen atoms in total. The second kappa shape index (κ2) is 4.34. The summed E-state index contributed by atoms with van der Waals surface area (Å²) in [5.41, 5.74) is 5.05. The van der Waals surface area contributed by atoms with Crippen LogP contribution in [0.2, 0.25) is 0 Å². The van der Waals surface area contributed by atoms with Crippen LogP contribution in [0.1, 0.15) is 35.1 Å². The standard InChI is InChI=1S/C16H17NO2/c1-9-6-10(2)13(11(3)7-9)8-14-16(18)19-15(17-14)12-4-5-12/h6-8,12H,4-5H2,1-3H3/b14-8-. The van der Waals surface area contributed by atoms with Crippen molar-refractivity contribution in [2.75, 3.05) is 0 Å². The van der Waals surface area contributed by atoms with Crippen LogP contribution in [0.5, 0.6) is 0 Å². The molecule has 19 heavy (non-hydrogen) atoms. The van der Waals surface area contributed by atoms with Crippen molar-refractivity contribution in [3.63, 3.8) is 0 Å². The molecule has 1 aliphatic carbocycles. The van der Waals surface area contributed by atoms with Crippen LogP contribution in [0.15, 0.2) is 22.8 Å². The van der Waals surface area contributed by atoms with Gasteiger partial charge >= 0.3 is 5.97 Å². The number of esters is 1. The molecule has 0 aromatic heterocycles. The summed E-state index contributed by atoms with van der Waals surface area (Å²) in [6, 6.07) is 4.23. The van der Waals surface area contributed by atoms with Gasteiger partial charge in [0.1, 0.15) is 0 Å². The van der Waals surface area contributed by atoms with Crippen LogP contribution in [0.3, 0.4) is 0 Å². The first-order valence-corrected chi connectivity index (χ1v) is 6.65. The van der Waals surface area contributed by atoms with E-state index in [1.807, 2.05) is 6.08 Å². The number of ether oxygens (including phenoxy) is 1. The van der Waals surface area contributed by atoms with E-state index in [0.29, 0.717) is 17.5 Å². The highest BCUT2D eigenvalue weighted by molar-refractivity contribution is 6.08. The van der Waals surface area contributed by atoms with Gasteiger partial charge in [0.15, 0.2) is 5.70 Å². The fraction of sp³-hybridized carbons (Fsp3) is 0.375. The smallest absolute Gasteiger partial charge is 0.363 e. The Morgan fingerprint density at radius 1 is 1.21 bits per heavy atom. The van der Waals surface area contributed by atoms with Gasteiger partial charge in [-0.2, -0.15) is 0 Å². The number of hydrogen-bond donors (Lipinski definition) is 0. The number of carbonyl (C=O) groups is 1. The number of aryl methyl sites for hydroxylation is 3. The van der Waals surface area contributed by atoms with Crippen molar-refractivity contribution in [3.05, 3.63) is 40.1 Å². The largest absolute Gasteiger partial charge is 0.406 e. The topological polar surface area (TPSA) is 38.7 Å². The van der Waals surface area contributed by atoms with Crippen LogP contribution in [0, 0.1) is 26.7 Å². The van der Waals surface area contributed by atoms with Gasteiger partial charge in [0, 0.05) is 5.92 Å². The van der Waals surface area contributed by atoms with E-state index < -0.39 is 0 Å². The second-order valence-corrected chi connectivity index (χ2v) is 5.46. The molecular formula is C16H17NO2. The molecular weight excluding hydrogens is 238 g/mol. The Hall–Kier alpha value is -1.90. The number of hydrogen-bond acceptors (Lipinski definition) is 3. The lowest BCUT2D eigenvalue weighted by atomic mass is 9.99. The van der Waals surface area contributed by atoms with Gasteiger partial charge < -0.3 is 4.74 Å². The lowest BCUT2D eigenvalue weighted by Gasteiger charge is -2.07. The number of rotatable bonds is 2. The van der Waals surface area contributed by atoms with E-state index in [4.69, 9.17) is 4.74 Å². The number of benzene rings is 1. The van der Waals surface area contributed by atoms with Gasteiger partial charge in [0.2, 0.25) is 5.90 Å². The highest BCUT2D eigenvalue weighted by atomic mass is 16.6. The Labute approximate surface area is 113 Å². The van der Waals surface area contributed by atoms with E-state index in [1.165, 1.54) is 5.56 Å². The van der Waals surface area contributed by atoms with Crippen LogP contribution in [-0.4, -0.2) is 11.9 Å². The molecule has 1 saturated carbocycles. The molecule has 0 saturated heterocycles. The minimum Gasteiger partial charge on any atom is -0.406 e. The third-order valence-corrected chi connectivity index (χ3v) is 3.58. The maximum absolute atomic E-state index is 11.8. The van der Waals surface area contributed by atoms with Crippen LogP contribution >= 0.6 is 0 Å². The Morgan fingerprint density at radius 3 is 2.42 bits per heavy atom. The third kappa shape index (κ3) is 2.33. The molecule has 2 aliphatic rings. The van der Waals surface area contributed by atoms with Gasteiger partial charge in [-0.05, 0) is 56.4 Å². The maximum Gasteiger partial charge on any atom is 0.363 e. The van der Waals surface area contributed by atoms with Crippen LogP contribution in [-0.2, 0) is 9.53 Å². The van der Waals surface area contributed by atoms with Crippen molar-refractivity contribution in [1.29, 1.82) is 0 Å². The van der Waals surface area contributed by atoms with Gasteiger partial charge in [-0.25, -0.2) is 9.79 Å². The van der Waals surface area contributed by atoms with Crippen molar-refractivity contribution < 1.29 is 9.53 Å². The number of aliphatic imine (C=N–C) groups is 1. The summed E-state index contributed by atoms with van der Waals surface area (Å²) < 4.78 is 5.22. The van der Waals surface area contributed by atoms with E-state index in [9.17, 15) is 4.79 Å². The van der Waals surface area contributed by atoms with Crippen LogP contribution in [0.4, 0.5) is 0 Å². The van der Waals surface area contributed by atoms with Crippen molar-refractivity contribution in [1.82, 2.24) is 0 Å². The van der Waals surface area contributed by atoms with E-state index >= 15 is 0 Å². The van der Waals surface area contributed by atoms with Gasteiger partial charge in [0.05, 0.1) is 0 Å². The lowest BCUT2D eigenvalue weighted by molar-refractivity contribution is -0.130. The van der Waals surface area contributed by atoms with Gasteiger partial charge in [0.25, 0.3) is 0 Å². The molecule has 0 unspecified atom stereocenters.